The van der Waals surface area contributed by atoms with E-state index in [0.29, 0.717) is 29.8 Å². The maximum absolute atomic E-state index is 15.5. The van der Waals surface area contributed by atoms with Crippen molar-refractivity contribution in [1.29, 1.82) is 0 Å². The molecule has 27 nitrogen and oxygen atoms in total. The molecule has 27 heteroatoms. The lowest BCUT2D eigenvalue weighted by molar-refractivity contribution is -0.150. The predicted molar refractivity (Wildman–Crippen MR) is 380 cm³/mol. The summed E-state index contributed by atoms with van der Waals surface area (Å²) < 4.78 is 0. The molecular weight excluding hydrogens is 1290 g/mol. The summed E-state index contributed by atoms with van der Waals surface area (Å²) in [6.07, 6.45) is 0.341. The normalized spacial score (nSPS) is 22.8. The van der Waals surface area contributed by atoms with Gasteiger partial charge in [0.2, 0.25) is 70.9 Å². The van der Waals surface area contributed by atoms with E-state index in [4.69, 9.17) is 0 Å². The van der Waals surface area contributed by atoms with Gasteiger partial charge in [-0.15, -0.1) is 0 Å². The fourth-order valence-corrected chi connectivity index (χ4v) is 12.4. The van der Waals surface area contributed by atoms with Gasteiger partial charge in [-0.25, -0.2) is 0 Å². The number of Topliss-reactive ketones (excluding diaryl/α,β-unsaturated/α-hetero) is 1. The van der Waals surface area contributed by atoms with Crippen LogP contribution in [0.1, 0.15) is 111 Å². The van der Waals surface area contributed by atoms with E-state index in [1.165, 1.54) is 91.9 Å². The summed E-state index contributed by atoms with van der Waals surface area (Å²) in [6, 6.07) is 13.2. The van der Waals surface area contributed by atoms with Crippen LogP contribution in [0.5, 0.6) is 0 Å². The van der Waals surface area contributed by atoms with Crippen LogP contribution in [0.4, 0.5) is 0 Å². The Bertz CT molecular complexity index is 3350. The molecule has 0 bridgehead atoms. The van der Waals surface area contributed by atoms with Crippen LogP contribution in [-0.2, 0) is 81.6 Å². The highest BCUT2D eigenvalue weighted by atomic mass is 16.3. The van der Waals surface area contributed by atoms with Crippen LogP contribution < -0.4 is 21.3 Å². The average molecular weight is 1400 g/mol. The van der Waals surface area contributed by atoms with Gasteiger partial charge in [0, 0.05) is 88.7 Å². The number of hydrogen-bond acceptors (Lipinski definition) is 15. The van der Waals surface area contributed by atoms with Crippen molar-refractivity contribution in [2.24, 2.45) is 11.8 Å². The van der Waals surface area contributed by atoms with Gasteiger partial charge >= 0.3 is 0 Å². The molecule has 3 aromatic carbocycles. The standard InChI is InChI=1S/C74H109N13O14/c1-46(2)37-56-68(95)78-65(51(8)88)74(101)81(11)50(7)61(89)43-75-55(71(98)86(16)60(41-54-33-25-19-26-34-54)73(100)84(14)58(40-53-31-23-18-24-32-53)67(94)77-49(6)70(97)87-35-27-20-28-36-87)42-62(90)79(9)44-63(91)80(10)45-64(92)82(12)57(39-52-29-21-17-22-30-52)66(93)76-48(5)69(96)85(15)59(38-47(3)4)72(99)83(56)13/h17-19,21-26,29-34,46-51,55-60,65,75,88H,20,27-28,35-45H2,1-16H3,(H,76,93)(H,77,94)(H,78,95)/t48-,49-,50-,51+,55-,56-,57-,58-,59-,60-,65-/m0/s1. The molecule has 3 aromatic rings. The fraction of sp³-hybridized carbons (Fsp3) is 0.581. The Morgan fingerprint density at radius 1 is 0.554 bits per heavy atom. The number of amides is 12. The van der Waals surface area contributed by atoms with Crippen LogP contribution in [0, 0.1) is 11.8 Å². The highest BCUT2D eigenvalue weighted by molar-refractivity contribution is 6.00. The molecule has 0 radical (unpaired) electrons. The molecule has 0 saturated carbocycles. The van der Waals surface area contributed by atoms with Gasteiger partial charge in [0.1, 0.15) is 48.3 Å². The van der Waals surface area contributed by atoms with Gasteiger partial charge in [-0.3, -0.25) is 67.6 Å². The Balaban J connectivity index is 1.58. The van der Waals surface area contributed by atoms with E-state index < -0.39 is 163 Å². The second-order valence-electron chi connectivity index (χ2n) is 28.0. The third-order valence-electron chi connectivity index (χ3n) is 19.2. The van der Waals surface area contributed by atoms with Gasteiger partial charge in [-0.05, 0) is 88.3 Å². The number of carbonyl (C=O) groups is 13. The summed E-state index contributed by atoms with van der Waals surface area (Å²) in [7, 11) is 10.8. The summed E-state index contributed by atoms with van der Waals surface area (Å²) in [5.41, 5.74) is 1.94. The van der Waals surface area contributed by atoms with E-state index in [1.807, 2.05) is 27.7 Å². The number of aliphatic hydroxyl groups excluding tert-OH is 1. The molecule has 0 aliphatic carbocycles. The molecule has 12 amide bonds. The van der Waals surface area contributed by atoms with E-state index in [9.17, 15) is 57.8 Å². The number of hydrogen-bond donors (Lipinski definition) is 5. The van der Waals surface area contributed by atoms with Crippen molar-refractivity contribution >= 4 is 76.7 Å². The molecule has 2 fully saturated rings. The summed E-state index contributed by atoms with van der Waals surface area (Å²) in [4.78, 5) is 201. The van der Waals surface area contributed by atoms with Crippen LogP contribution >= 0.6 is 0 Å². The van der Waals surface area contributed by atoms with Crippen LogP contribution in [-0.4, -0.2) is 282 Å². The maximum Gasteiger partial charge on any atom is 0.248 e. The predicted octanol–water partition coefficient (Wildman–Crippen LogP) is 1.52. The highest BCUT2D eigenvalue weighted by Crippen LogP contribution is 2.23. The molecule has 2 aliphatic rings. The molecule has 2 heterocycles. The summed E-state index contributed by atoms with van der Waals surface area (Å²) in [5, 5.41) is 22.4. The number of likely N-dealkylation sites (tertiary alicyclic amines) is 1. The van der Waals surface area contributed by atoms with E-state index in [2.05, 4.69) is 21.3 Å². The summed E-state index contributed by atoms with van der Waals surface area (Å²) >= 11 is 0. The van der Waals surface area contributed by atoms with Gasteiger partial charge in [-0.1, -0.05) is 119 Å². The smallest absolute Gasteiger partial charge is 0.248 e. The number of likely N-dealkylation sites (N-methyl/N-ethyl adjacent to an activating group) is 8. The Morgan fingerprint density at radius 2 is 1.04 bits per heavy atom. The molecule has 2 saturated heterocycles. The van der Waals surface area contributed by atoms with E-state index in [0.717, 1.165) is 43.8 Å². The van der Waals surface area contributed by atoms with Gasteiger partial charge in [0.15, 0.2) is 5.78 Å². The number of rotatable bonds is 18. The third-order valence-corrected chi connectivity index (χ3v) is 19.2. The van der Waals surface area contributed by atoms with E-state index in [-0.39, 0.29) is 49.8 Å². The maximum atomic E-state index is 15.5. The molecule has 0 aromatic heterocycles. The molecule has 5 N–H and O–H groups in total. The van der Waals surface area contributed by atoms with Crippen molar-refractivity contribution in [3.05, 3.63) is 108 Å². The van der Waals surface area contributed by atoms with Crippen molar-refractivity contribution in [2.75, 3.05) is 89.1 Å². The monoisotopic (exact) mass is 1400 g/mol. The fourth-order valence-electron chi connectivity index (χ4n) is 12.4. The first-order valence-electron chi connectivity index (χ1n) is 34.9. The van der Waals surface area contributed by atoms with Crippen LogP contribution in [0.15, 0.2) is 91.0 Å². The van der Waals surface area contributed by atoms with E-state index in [1.54, 1.807) is 103 Å². The summed E-state index contributed by atoms with van der Waals surface area (Å²) in [6.45, 7) is 12.1. The second kappa shape index (κ2) is 38.6. The first-order chi connectivity index (χ1) is 47.6. The Morgan fingerprint density at radius 3 is 1.57 bits per heavy atom. The van der Waals surface area contributed by atoms with Gasteiger partial charge in [-0.2, -0.15) is 0 Å². The SMILES string of the molecule is CC(C)C[C@H]1C(=O)N(C)[C@@H](CC(C)C)C(=O)N[C@@H]([C@@H](C)O)C(=O)N(C)[C@@H](C)C(=O)CN[C@H](C(=O)N(C)[C@@H](Cc2ccccc2)C(=O)N(C)[C@@H](Cc2ccccc2)C(=O)N[C@@H](C)C(=O)N2CCCCC2)CC(=O)N(C)CC(=O)N(C)CC(=O)N(C)[C@@H](Cc2ccccc2)C(=O)N[C@@H](C)C(=O)N1C. The third kappa shape index (κ3) is 23.2. The lowest BCUT2D eigenvalue weighted by atomic mass is 9.97. The minimum atomic E-state index is -1.69. The number of piperidine rings is 1. The van der Waals surface area contributed by atoms with Crippen molar-refractivity contribution < 1.29 is 67.4 Å². The Labute approximate surface area is 595 Å². The minimum Gasteiger partial charge on any atom is -0.391 e. The van der Waals surface area contributed by atoms with Gasteiger partial charge in [0.05, 0.1) is 44.2 Å². The van der Waals surface area contributed by atoms with Gasteiger partial charge in [0.25, 0.3) is 0 Å². The van der Waals surface area contributed by atoms with Crippen molar-refractivity contribution in [3.8, 4) is 0 Å². The number of benzene rings is 3. The average Bonchev–Trinajstić information content (AvgIpc) is 0.835. The minimum absolute atomic E-state index is 0.00300. The van der Waals surface area contributed by atoms with E-state index >= 15 is 9.59 Å². The van der Waals surface area contributed by atoms with Crippen molar-refractivity contribution in [2.45, 2.75) is 180 Å². The molecule has 554 valence electrons. The van der Waals surface area contributed by atoms with Crippen molar-refractivity contribution in [3.63, 3.8) is 0 Å². The topological polar surface area (TPSA) is 319 Å². The number of nitrogens with zero attached hydrogens (tertiary/aromatic N) is 9. The zero-order valence-electron chi connectivity index (χ0n) is 61.8. The molecule has 5 rings (SSSR count). The van der Waals surface area contributed by atoms with Crippen LogP contribution in [0.3, 0.4) is 0 Å². The molecule has 0 unspecified atom stereocenters. The number of aliphatic hydroxyl groups is 1. The number of ketones is 1. The number of carbonyl (C=O) groups excluding carboxylic acids is 13. The first-order valence-corrected chi connectivity index (χ1v) is 34.9. The molecule has 0 spiro atoms. The number of nitrogens with one attached hydrogen (secondary N) is 4. The molecular formula is C74H109N13O14. The first kappa shape index (κ1) is 82.6. The largest absolute Gasteiger partial charge is 0.391 e. The molecule has 11 atom stereocenters. The molecule has 101 heavy (non-hydrogen) atoms. The molecule has 2 aliphatic heterocycles. The van der Waals surface area contributed by atoms with Crippen molar-refractivity contribution in [1.82, 2.24) is 65.4 Å². The zero-order valence-corrected chi connectivity index (χ0v) is 61.8. The quantitative estimate of drug-likeness (QED) is 0.121. The Kier molecular flexibility index (Phi) is 31.6. The van der Waals surface area contributed by atoms with Crippen LogP contribution in [0.2, 0.25) is 0 Å². The highest BCUT2D eigenvalue weighted by Gasteiger charge is 2.43. The summed E-state index contributed by atoms with van der Waals surface area (Å²) in [5.74, 6) is -9.68. The Hall–Kier alpha value is -9.11. The lowest BCUT2D eigenvalue weighted by Gasteiger charge is -2.37. The lowest BCUT2D eigenvalue weighted by Crippen LogP contribution is -2.61. The van der Waals surface area contributed by atoms with Gasteiger partial charge < -0.3 is 65.2 Å². The van der Waals surface area contributed by atoms with Crippen LogP contribution in [0.25, 0.3) is 0 Å². The second-order valence-corrected chi connectivity index (χ2v) is 28.0. The zero-order chi connectivity index (χ0) is 75.3.